The summed E-state index contributed by atoms with van der Waals surface area (Å²) >= 11 is 11.9. The van der Waals surface area contributed by atoms with Gasteiger partial charge in [-0.2, -0.15) is 0 Å². The van der Waals surface area contributed by atoms with Crippen LogP contribution in [0.15, 0.2) is 78.9 Å². The second-order valence-corrected chi connectivity index (χ2v) is 14.5. The maximum absolute atomic E-state index is 13.4. The lowest BCUT2D eigenvalue weighted by Gasteiger charge is -2.36. The van der Waals surface area contributed by atoms with Gasteiger partial charge in [-0.3, -0.25) is 9.59 Å². The average Bonchev–Trinajstić information content (AvgIpc) is 3.45. The van der Waals surface area contributed by atoms with Crippen LogP contribution in [0.4, 0.5) is 0 Å². The number of aryl methyl sites for hydroxylation is 1. The molecule has 1 unspecified atom stereocenters. The largest absolute Gasteiger partial charge is 0.508 e. The summed E-state index contributed by atoms with van der Waals surface area (Å²) in [5.41, 5.74) is 2.33. The summed E-state index contributed by atoms with van der Waals surface area (Å²) in [6, 6.07) is 20.4. The lowest BCUT2D eigenvalue weighted by atomic mass is 9.77. The average molecular weight is 790 g/mol. The monoisotopic (exact) mass is 788 g/mol. The fourth-order valence-electron chi connectivity index (χ4n) is 7.29. The number of ether oxygens (including phenoxy) is 2. The van der Waals surface area contributed by atoms with Crippen molar-refractivity contribution in [3.63, 3.8) is 0 Å². The molecule has 0 aliphatic carbocycles. The molecule has 0 saturated heterocycles. The number of carbonyl (C=O) groups excluding carboxylic acids is 3. The Morgan fingerprint density at radius 3 is 2.02 bits per heavy atom. The van der Waals surface area contributed by atoms with Gasteiger partial charge in [0, 0.05) is 59.1 Å². The summed E-state index contributed by atoms with van der Waals surface area (Å²) in [7, 11) is 0. The number of carboxylic acids is 1. The SMILES string of the molecule is O=C(CCCc1ccc(C(CCCl)CCCl)cc1)NCCCCC(NC(=O)c1ccc2c(c1)C(=O)OC21c2ccc(O)cc2Oc2cc(O)ccc21)C(=O)O. The Labute approximate surface area is 328 Å². The number of carbonyl (C=O) groups is 4. The lowest BCUT2D eigenvalue weighted by molar-refractivity contribution is -0.139. The van der Waals surface area contributed by atoms with Gasteiger partial charge in [0.15, 0.2) is 5.60 Å². The molecule has 0 saturated carbocycles. The molecule has 6 rings (SSSR count). The van der Waals surface area contributed by atoms with Gasteiger partial charge in [0.1, 0.15) is 29.0 Å². The summed E-state index contributed by atoms with van der Waals surface area (Å²) < 4.78 is 12.0. The minimum atomic E-state index is -1.49. The topological polar surface area (TPSA) is 171 Å². The number of benzene rings is 4. The van der Waals surface area contributed by atoms with E-state index in [-0.39, 0.29) is 46.5 Å². The Kier molecular flexibility index (Phi) is 12.5. The highest BCUT2D eigenvalue weighted by atomic mass is 35.5. The maximum Gasteiger partial charge on any atom is 0.340 e. The van der Waals surface area contributed by atoms with Crippen molar-refractivity contribution in [2.75, 3.05) is 18.3 Å². The highest BCUT2D eigenvalue weighted by Crippen LogP contribution is 2.57. The predicted molar refractivity (Wildman–Crippen MR) is 207 cm³/mol. The van der Waals surface area contributed by atoms with Gasteiger partial charge in [0.05, 0.1) is 5.56 Å². The van der Waals surface area contributed by atoms with Crippen LogP contribution >= 0.6 is 23.2 Å². The van der Waals surface area contributed by atoms with Gasteiger partial charge in [-0.1, -0.05) is 30.3 Å². The first-order valence-corrected chi connectivity index (χ1v) is 19.3. The minimum absolute atomic E-state index is 0.0629. The van der Waals surface area contributed by atoms with Gasteiger partial charge in [0.25, 0.3) is 5.91 Å². The number of aromatic hydroxyl groups is 2. The third-order valence-electron chi connectivity index (χ3n) is 10.1. The minimum Gasteiger partial charge on any atom is -0.508 e. The van der Waals surface area contributed by atoms with E-state index in [1.807, 2.05) is 0 Å². The molecule has 55 heavy (non-hydrogen) atoms. The molecule has 4 aromatic carbocycles. The number of nitrogens with one attached hydrogen (secondary N) is 2. The maximum atomic E-state index is 13.4. The zero-order valence-electron chi connectivity index (χ0n) is 30.0. The summed E-state index contributed by atoms with van der Waals surface area (Å²) in [5, 5.41) is 35.6. The number of hydrogen-bond donors (Lipinski definition) is 5. The van der Waals surface area contributed by atoms with Crippen LogP contribution < -0.4 is 15.4 Å². The van der Waals surface area contributed by atoms with Gasteiger partial charge < -0.3 is 35.4 Å². The van der Waals surface area contributed by atoms with Crippen molar-refractivity contribution in [3.05, 3.63) is 118 Å². The van der Waals surface area contributed by atoms with Crippen LogP contribution in [-0.2, 0) is 26.3 Å². The number of unbranched alkanes of at least 4 members (excludes halogenated alkanes) is 1. The zero-order valence-corrected chi connectivity index (χ0v) is 31.5. The predicted octanol–water partition coefficient (Wildman–Crippen LogP) is 7.50. The number of fused-ring (bicyclic) bond motifs is 6. The molecule has 2 aliphatic heterocycles. The number of amides is 2. The normalized spacial score (nSPS) is 14.0. The number of phenolic OH excluding ortho intramolecular Hbond substituents is 2. The van der Waals surface area contributed by atoms with Gasteiger partial charge in [-0.25, -0.2) is 9.59 Å². The van der Waals surface area contributed by atoms with Crippen molar-refractivity contribution in [1.29, 1.82) is 0 Å². The third kappa shape index (κ3) is 8.68. The van der Waals surface area contributed by atoms with Crippen molar-refractivity contribution in [2.24, 2.45) is 0 Å². The molecule has 288 valence electrons. The molecule has 13 heteroatoms. The van der Waals surface area contributed by atoms with E-state index in [9.17, 15) is 34.5 Å². The Morgan fingerprint density at radius 1 is 0.764 bits per heavy atom. The molecule has 2 heterocycles. The van der Waals surface area contributed by atoms with Gasteiger partial charge in [-0.15, -0.1) is 23.2 Å². The number of rotatable bonds is 17. The fourth-order valence-corrected chi connectivity index (χ4v) is 7.81. The molecule has 1 spiro atoms. The Balaban J connectivity index is 1.01. The molecule has 0 bridgehead atoms. The Bertz CT molecular complexity index is 2010. The molecule has 5 N–H and O–H groups in total. The van der Waals surface area contributed by atoms with Crippen LogP contribution in [0.5, 0.6) is 23.0 Å². The van der Waals surface area contributed by atoms with E-state index >= 15 is 0 Å². The first-order chi connectivity index (χ1) is 26.5. The van der Waals surface area contributed by atoms with Crippen molar-refractivity contribution >= 4 is 47.0 Å². The smallest absolute Gasteiger partial charge is 0.340 e. The number of phenols is 2. The highest BCUT2D eigenvalue weighted by Gasteiger charge is 2.53. The lowest BCUT2D eigenvalue weighted by Crippen LogP contribution is -2.41. The zero-order chi connectivity index (χ0) is 39.1. The quantitative estimate of drug-likeness (QED) is 0.0413. The van der Waals surface area contributed by atoms with Crippen molar-refractivity contribution in [1.82, 2.24) is 10.6 Å². The van der Waals surface area contributed by atoms with E-state index in [1.54, 1.807) is 18.2 Å². The number of aliphatic carboxylic acids is 1. The van der Waals surface area contributed by atoms with E-state index in [1.165, 1.54) is 42.0 Å². The molecule has 2 amide bonds. The van der Waals surface area contributed by atoms with E-state index in [0.717, 1.165) is 24.8 Å². The van der Waals surface area contributed by atoms with E-state index < -0.39 is 29.5 Å². The third-order valence-corrected chi connectivity index (χ3v) is 10.6. The van der Waals surface area contributed by atoms with Crippen LogP contribution in [-0.4, -0.2) is 63.4 Å². The molecule has 4 aromatic rings. The second kappa shape index (κ2) is 17.5. The number of halogens is 2. The van der Waals surface area contributed by atoms with Crippen LogP contribution in [0.25, 0.3) is 0 Å². The molecule has 0 radical (unpaired) electrons. The van der Waals surface area contributed by atoms with E-state index in [0.29, 0.717) is 66.6 Å². The van der Waals surface area contributed by atoms with E-state index in [4.69, 9.17) is 32.7 Å². The van der Waals surface area contributed by atoms with Gasteiger partial charge >= 0.3 is 11.9 Å². The summed E-state index contributed by atoms with van der Waals surface area (Å²) in [6.07, 6.45) is 4.67. The van der Waals surface area contributed by atoms with Crippen molar-refractivity contribution < 1.29 is 44.0 Å². The Hall–Kier alpha value is -5.26. The Morgan fingerprint density at radius 2 is 1.40 bits per heavy atom. The van der Waals surface area contributed by atoms with Crippen molar-refractivity contribution in [2.45, 2.75) is 68.9 Å². The number of esters is 1. The first-order valence-electron chi connectivity index (χ1n) is 18.3. The molecular formula is C42H42Cl2N2O9. The van der Waals surface area contributed by atoms with Crippen LogP contribution in [0.1, 0.15) is 99.4 Å². The fraction of sp³-hybridized carbons (Fsp3) is 0.333. The molecule has 0 aromatic heterocycles. The number of hydrogen-bond acceptors (Lipinski definition) is 8. The molecule has 1 atom stereocenters. The number of carboxylic acid groups (broad SMARTS) is 1. The van der Waals surface area contributed by atoms with Crippen LogP contribution in [0.3, 0.4) is 0 Å². The summed E-state index contributed by atoms with van der Waals surface area (Å²) in [5.74, 6) is -0.891. The van der Waals surface area contributed by atoms with E-state index in [2.05, 4.69) is 34.9 Å². The van der Waals surface area contributed by atoms with Gasteiger partial charge in [0.2, 0.25) is 5.91 Å². The van der Waals surface area contributed by atoms with Crippen molar-refractivity contribution in [3.8, 4) is 23.0 Å². The summed E-state index contributed by atoms with van der Waals surface area (Å²) in [4.78, 5) is 51.3. The second-order valence-electron chi connectivity index (χ2n) is 13.8. The number of alkyl halides is 2. The molecule has 11 nitrogen and oxygen atoms in total. The van der Waals surface area contributed by atoms with Crippen LogP contribution in [0.2, 0.25) is 0 Å². The first kappa shape index (κ1) is 39.4. The summed E-state index contributed by atoms with van der Waals surface area (Å²) in [6.45, 7) is 0.377. The molecule has 2 aliphatic rings. The highest BCUT2D eigenvalue weighted by molar-refractivity contribution is 6.18. The molecule has 0 fully saturated rings. The van der Waals surface area contributed by atoms with Crippen LogP contribution in [0, 0.1) is 0 Å². The standard InChI is InChI=1S/C42H42Cl2N2O9/c43-19-17-27(18-20-44)26-9-7-25(8-10-26)4-3-6-38(49)45-21-2-1-5-35(40(51)52)46-39(50)28-11-14-32-31(22-28)41(53)55-42(32)33-15-12-29(47)23-36(33)54-37-24-30(48)13-16-34(37)42/h7-16,22-24,27,35,47-48H,1-6,17-21H2,(H,45,49)(H,46,50)(H,51,52). The molecular weight excluding hydrogens is 747 g/mol. The van der Waals surface area contributed by atoms with Gasteiger partial charge in [-0.05, 0) is 98.4 Å².